The molecule has 1 heterocycles. The van der Waals surface area contributed by atoms with Gasteiger partial charge in [-0.3, -0.25) is 9.69 Å². The van der Waals surface area contributed by atoms with E-state index in [1.54, 1.807) is 0 Å². The summed E-state index contributed by atoms with van der Waals surface area (Å²) in [5, 5.41) is 9.05. The van der Waals surface area contributed by atoms with E-state index in [2.05, 4.69) is 18.7 Å². The number of unbranched alkanes of at least 4 members (excludes halogenated alkanes) is 1. The van der Waals surface area contributed by atoms with Gasteiger partial charge in [0.25, 0.3) is 0 Å². The standard InChI is InChI=1S/C11H21NO2/c1-3-5-6-10(11(13)14)12-7-9(4-2)8-12/h9-10H,3-8H2,1-2H3,(H,13,14). The van der Waals surface area contributed by atoms with Crippen LogP contribution in [0.1, 0.15) is 39.5 Å². The van der Waals surface area contributed by atoms with E-state index in [-0.39, 0.29) is 6.04 Å². The number of carboxylic acids is 1. The van der Waals surface area contributed by atoms with Crippen LogP contribution in [0.25, 0.3) is 0 Å². The molecule has 1 fully saturated rings. The van der Waals surface area contributed by atoms with Gasteiger partial charge in [-0.15, -0.1) is 0 Å². The highest BCUT2D eigenvalue weighted by molar-refractivity contribution is 5.73. The topological polar surface area (TPSA) is 40.5 Å². The zero-order valence-corrected chi connectivity index (χ0v) is 9.20. The van der Waals surface area contributed by atoms with Crippen molar-refractivity contribution in [2.24, 2.45) is 5.92 Å². The second kappa shape index (κ2) is 5.35. The maximum Gasteiger partial charge on any atom is 0.320 e. The minimum atomic E-state index is -0.645. The molecule has 1 N–H and O–H groups in total. The molecule has 0 spiro atoms. The number of carbonyl (C=O) groups is 1. The van der Waals surface area contributed by atoms with Gasteiger partial charge in [0, 0.05) is 13.1 Å². The Balaban J connectivity index is 2.33. The molecule has 0 saturated carbocycles. The summed E-state index contributed by atoms with van der Waals surface area (Å²) in [6, 6.07) is -0.224. The van der Waals surface area contributed by atoms with Gasteiger partial charge < -0.3 is 5.11 Å². The lowest BCUT2D eigenvalue weighted by Crippen LogP contribution is -2.54. The van der Waals surface area contributed by atoms with E-state index in [0.29, 0.717) is 0 Å². The summed E-state index contributed by atoms with van der Waals surface area (Å²) in [7, 11) is 0. The van der Waals surface area contributed by atoms with Gasteiger partial charge in [0.1, 0.15) is 6.04 Å². The predicted octanol–water partition coefficient (Wildman–Crippen LogP) is 1.97. The van der Waals surface area contributed by atoms with E-state index in [0.717, 1.165) is 38.3 Å². The smallest absolute Gasteiger partial charge is 0.320 e. The number of nitrogens with zero attached hydrogens (tertiary/aromatic N) is 1. The first kappa shape index (κ1) is 11.5. The molecule has 0 bridgehead atoms. The van der Waals surface area contributed by atoms with E-state index < -0.39 is 5.97 Å². The molecule has 1 aliphatic heterocycles. The molecule has 3 heteroatoms. The van der Waals surface area contributed by atoms with Gasteiger partial charge in [0.2, 0.25) is 0 Å². The van der Waals surface area contributed by atoms with Crippen LogP contribution in [-0.4, -0.2) is 35.1 Å². The average Bonchev–Trinajstić information content (AvgIpc) is 2.08. The summed E-state index contributed by atoms with van der Waals surface area (Å²) < 4.78 is 0. The Morgan fingerprint density at radius 1 is 1.50 bits per heavy atom. The van der Waals surface area contributed by atoms with E-state index in [9.17, 15) is 4.79 Å². The molecule has 0 aromatic carbocycles. The first-order valence-corrected chi connectivity index (χ1v) is 5.65. The molecular formula is C11H21NO2. The minimum absolute atomic E-state index is 0.224. The second-order valence-corrected chi connectivity index (χ2v) is 4.22. The number of rotatable bonds is 6. The van der Waals surface area contributed by atoms with Crippen LogP contribution in [0.4, 0.5) is 0 Å². The van der Waals surface area contributed by atoms with Crippen molar-refractivity contribution in [2.45, 2.75) is 45.6 Å². The molecule has 82 valence electrons. The molecule has 1 unspecified atom stereocenters. The van der Waals surface area contributed by atoms with E-state index in [1.165, 1.54) is 6.42 Å². The fourth-order valence-electron chi connectivity index (χ4n) is 1.98. The predicted molar refractivity (Wildman–Crippen MR) is 56.3 cm³/mol. The molecular weight excluding hydrogens is 178 g/mol. The molecule has 0 aromatic heterocycles. The Labute approximate surface area is 86.1 Å². The average molecular weight is 199 g/mol. The number of carboxylic acid groups (broad SMARTS) is 1. The van der Waals surface area contributed by atoms with Crippen molar-refractivity contribution in [3.05, 3.63) is 0 Å². The third kappa shape index (κ3) is 2.71. The van der Waals surface area contributed by atoms with Crippen LogP contribution in [0.5, 0.6) is 0 Å². The SMILES string of the molecule is CCCCC(C(=O)O)N1CC(CC)C1. The molecule has 1 saturated heterocycles. The van der Waals surface area contributed by atoms with Gasteiger partial charge in [-0.25, -0.2) is 0 Å². The molecule has 0 radical (unpaired) electrons. The highest BCUT2D eigenvalue weighted by Gasteiger charge is 2.34. The quantitative estimate of drug-likeness (QED) is 0.711. The van der Waals surface area contributed by atoms with Crippen LogP contribution < -0.4 is 0 Å². The summed E-state index contributed by atoms with van der Waals surface area (Å²) in [6.07, 6.45) is 4.08. The van der Waals surface area contributed by atoms with Crippen molar-refractivity contribution in [3.8, 4) is 0 Å². The largest absolute Gasteiger partial charge is 0.480 e. The van der Waals surface area contributed by atoms with Crippen molar-refractivity contribution >= 4 is 5.97 Å². The van der Waals surface area contributed by atoms with Gasteiger partial charge in [-0.2, -0.15) is 0 Å². The molecule has 1 aliphatic rings. The Bertz CT molecular complexity index is 188. The molecule has 1 rings (SSSR count). The second-order valence-electron chi connectivity index (χ2n) is 4.22. The van der Waals surface area contributed by atoms with Crippen molar-refractivity contribution in [1.29, 1.82) is 0 Å². The zero-order chi connectivity index (χ0) is 10.6. The van der Waals surface area contributed by atoms with Crippen LogP contribution in [0, 0.1) is 5.92 Å². The summed E-state index contributed by atoms with van der Waals surface area (Å²) in [6.45, 7) is 6.24. The van der Waals surface area contributed by atoms with Gasteiger partial charge >= 0.3 is 5.97 Å². The normalized spacial score (nSPS) is 20.4. The Kier molecular flexibility index (Phi) is 4.39. The lowest BCUT2D eigenvalue weighted by atomic mass is 9.93. The van der Waals surface area contributed by atoms with Crippen molar-refractivity contribution in [1.82, 2.24) is 4.90 Å². The maximum absolute atomic E-state index is 11.0. The number of hydrogen-bond acceptors (Lipinski definition) is 2. The molecule has 14 heavy (non-hydrogen) atoms. The van der Waals surface area contributed by atoms with Crippen LogP contribution in [0.2, 0.25) is 0 Å². The van der Waals surface area contributed by atoms with Crippen LogP contribution in [0.3, 0.4) is 0 Å². The van der Waals surface area contributed by atoms with Gasteiger partial charge in [-0.05, 0) is 12.3 Å². The fourth-order valence-corrected chi connectivity index (χ4v) is 1.98. The van der Waals surface area contributed by atoms with Gasteiger partial charge in [-0.1, -0.05) is 33.1 Å². The minimum Gasteiger partial charge on any atom is -0.480 e. The van der Waals surface area contributed by atoms with Crippen LogP contribution in [0.15, 0.2) is 0 Å². The highest BCUT2D eigenvalue weighted by atomic mass is 16.4. The maximum atomic E-state index is 11.0. The van der Waals surface area contributed by atoms with Crippen molar-refractivity contribution in [3.63, 3.8) is 0 Å². The lowest BCUT2D eigenvalue weighted by Gasteiger charge is -2.42. The molecule has 1 atom stereocenters. The van der Waals surface area contributed by atoms with E-state index >= 15 is 0 Å². The van der Waals surface area contributed by atoms with Gasteiger partial charge in [0.05, 0.1) is 0 Å². The molecule has 0 aromatic rings. The zero-order valence-electron chi connectivity index (χ0n) is 9.20. The van der Waals surface area contributed by atoms with Crippen LogP contribution in [-0.2, 0) is 4.79 Å². The Hall–Kier alpha value is -0.570. The van der Waals surface area contributed by atoms with Crippen molar-refractivity contribution in [2.75, 3.05) is 13.1 Å². The van der Waals surface area contributed by atoms with Gasteiger partial charge in [0.15, 0.2) is 0 Å². The Morgan fingerprint density at radius 2 is 2.14 bits per heavy atom. The summed E-state index contributed by atoms with van der Waals surface area (Å²) in [4.78, 5) is 13.1. The summed E-state index contributed by atoms with van der Waals surface area (Å²) >= 11 is 0. The summed E-state index contributed by atoms with van der Waals surface area (Å²) in [5.41, 5.74) is 0. The number of likely N-dealkylation sites (tertiary alicyclic amines) is 1. The van der Waals surface area contributed by atoms with Crippen LogP contribution >= 0.6 is 0 Å². The fraction of sp³-hybridized carbons (Fsp3) is 0.909. The summed E-state index contributed by atoms with van der Waals surface area (Å²) in [5.74, 6) is 0.0893. The Morgan fingerprint density at radius 3 is 2.57 bits per heavy atom. The monoisotopic (exact) mass is 199 g/mol. The lowest BCUT2D eigenvalue weighted by molar-refractivity contribution is -0.146. The number of aliphatic carboxylic acids is 1. The number of hydrogen-bond donors (Lipinski definition) is 1. The first-order chi connectivity index (χ1) is 6.69. The molecule has 0 amide bonds. The first-order valence-electron chi connectivity index (χ1n) is 5.65. The highest BCUT2D eigenvalue weighted by Crippen LogP contribution is 2.23. The van der Waals surface area contributed by atoms with E-state index in [1.807, 2.05) is 0 Å². The van der Waals surface area contributed by atoms with E-state index in [4.69, 9.17) is 5.11 Å². The third-order valence-corrected chi connectivity index (χ3v) is 3.12. The van der Waals surface area contributed by atoms with Crippen molar-refractivity contribution < 1.29 is 9.90 Å². The molecule has 3 nitrogen and oxygen atoms in total. The molecule has 0 aliphatic carbocycles. The third-order valence-electron chi connectivity index (χ3n) is 3.12.